The Hall–Kier alpha value is -0.570. The Balaban J connectivity index is 1.95. The highest BCUT2D eigenvalue weighted by Crippen LogP contribution is 2.31. The molecule has 3 heteroatoms. The van der Waals surface area contributed by atoms with Crippen molar-refractivity contribution in [2.75, 3.05) is 5.32 Å². The lowest BCUT2D eigenvalue weighted by Crippen LogP contribution is -2.30. The molecule has 0 bridgehead atoms. The fourth-order valence-corrected chi connectivity index (χ4v) is 2.18. The molecule has 2 rings (SSSR count). The highest BCUT2D eigenvalue weighted by molar-refractivity contribution is 9.10. The molecule has 0 spiro atoms. The molecule has 1 fully saturated rings. The summed E-state index contributed by atoms with van der Waals surface area (Å²) in [6.07, 6.45) is 7.82. The van der Waals surface area contributed by atoms with Crippen LogP contribution < -0.4 is 5.32 Å². The smallest absolute Gasteiger partial charge is 0.0540 e. The number of anilines is 1. The lowest BCUT2D eigenvalue weighted by molar-refractivity contribution is 0.285. The fourth-order valence-electron chi connectivity index (χ4n) is 1.81. The number of hydrogen-bond acceptors (Lipinski definition) is 2. The molecule has 1 N–H and O–H groups in total. The summed E-state index contributed by atoms with van der Waals surface area (Å²) in [6.45, 7) is 2.25. The number of nitrogens with one attached hydrogen (secondary N) is 1. The van der Waals surface area contributed by atoms with Crippen molar-refractivity contribution >= 4 is 21.6 Å². The SMILES string of the molecule is CC(Nc1cncc(Br)c1)C1CCC1. The topological polar surface area (TPSA) is 24.9 Å². The molecule has 14 heavy (non-hydrogen) atoms. The first-order valence-corrected chi connectivity index (χ1v) is 5.92. The first-order valence-electron chi connectivity index (χ1n) is 5.13. The summed E-state index contributed by atoms with van der Waals surface area (Å²) in [4.78, 5) is 4.13. The molecule has 0 aromatic carbocycles. The minimum atomic E-state index is 0.569. The first kappa shape index (κ1) is 9.97. The van der Waals surface area contributed by atoms with Crippen molar-refractivity contribution in [3.8, 4) is 0 Å². The van der Waals surface area contributed by atoms with Crippen LogP contribution in [0.15, 0.2) is 22.9 Å². The van der Waals surface area contributed by atoms with Gasteiger partial charge in [0.15, 0.2) is 0 Å². The van der Waals surface area contributed by atoms with Gasteiger partial charge in [-0.1, -0.05) is 6.42 Å². The molecular weight excluding hydrogens is 240 g/mol. The van der Waals surface area contributed by atoms with Crippen LogP contribution in [0, 0.1) is 5.92 Å². The summed E-state index contributed by atoms with van der Waals surface area (Å²) in [6, 6.07) is 2.64. The van der Waals surface area contributed by atoms with Crippen molar-refractivity contribution < 1.29 is 0 Å². The second kappa shape index (κ2) is 4.30. The molecule has 1 aromatic rings. The third-order valence-electron chi connectivity index (χ3n) is 2.96. The second-order valence-electron chi connectivity index (χ2n) is 4.02. The maximum atomic E-state index is 4.13. The van der Waals surface area contributed by atoms with Crippen LogP contribution in [0.2, 0.25) is 0 Å². The Morgan fingerprint density at radius 1 is 1.50 bits per heavy atom. The zero-order chi connectivity index (χ0) is 9.97. The molecule has 0 amide bonds. The van der Waals surface area contributed by atoms with Gasteiger partial charge in [0.05, 0.1) is 11.9 Å². The summed E-state index contributed by atoms with van der Waals surface area (Å²) < 4.78 is 1.03. The van der Waals surface area contributed by atoms with Gasteiger partial charge >= 0.3 is 0 Å². The van der Waals surface area contributed by atoms with E-state index in [0.717, 1.165) is 16.1 Å². The van der Waals surface area contributed by atoms with Gasteiger partial charge in [0, 0.05) is 16.7 Å². The van der Waals surface area contributed by atoms with Crippen LogP contribution in [0.3, 0.4) is 0 Å². The molecule has 1 aliphatic carbocycles. The first-order chi connectivity index (χ1) is 6.75. The van der Waals surface area contributed by atoms with Crippen molar-refractivity contribution in [2.45, 2.75) is 32.2 Å². The minimum Gasteiger partial charge on any atom is -0.381 e. The summed E-state index contributed by atoms with van der Waals surface area (Å²) >= 11 is 3.42. The van der Waals surface area contributed by atoms with Crippen LogP contribution in [-0.4, -0.2) is 11.0 Å². The van der Waals surface area contributed by atoms with E-state index in [-0.39, 0.29) is 0 Å². The Morgan fingerprint density at radius 3 is 2.86 bits per heavy atom. The minimum absolute atomic E-state index is 0.569. The average molecular weight is 255 g/mol. The number of rotatable bonds is 3. The van der Waals surface area contributed by atoms with E-state index in [4.69, 9.17) is 0 Å². The van der Waals surface area contributed by atoms with Gasteiger partial charge in [-0.25, -0.2) is 0 Å². The van der Waals surface area contributed by atoms with Crippen LogP contribution in [0.1, 0.15) is 26.2 Å². The van der Waals surface area contributed by atoms with Gasteiger partial charge in [-0.2, -0.15) is 0 Å². The Labute approximate surface area is 93.3 Å². The molecule has 1 aliphatic rings. The molecule has 1 heterocycles. The lowest BCUT2D eigenvalue weighted by atomic mass is 9.80. The summed E-state index contributed by atoms with van der Waals surface area (Å²) in [5.74, 6) is 0.856. The molecule has 1 atom stereocenters. The van der Waals surface area contributed by atoms with E-state index < -0.39 is 0 Å². The normalized spacial score (nSPS) is 18.7. The van der Waals surface area contributed by atoms with Gasteiger partial charge in [-0.3, -0.25) is 4.98 Å². The third-order valence-corrected chi connectivity index (χ3v) is 3.39. The molecule has 0 radical (unpaired) electrons. The zero-order valence-corrected chi connectivity index (χ0v) is 9.92. The van der Waals surface area contributed by atoms with Gasteiger partial charge in [-0.05, 0) is 47.7 Å². The number of nitrogens with zero attached hydrogens (tertiary/aromatic N) is 1. The Morgan fingerprint density at radius 2 is 2.29 bits per heavy atom. The number of pyridine rings is 1. The van der Waals surface area contributed by atoms with Crippen molar-refractivity contribution in [3.63, 3.8) is 0 Å². The van der Waals surface area contributed by atoms with E-state index in [1.54, 1.807) is 6.20 Å². The standard InChI is InChI=1S/C11H15BrN2/c1-8(9-3-2-4-9)14-11-5-10(12)6-13-7-11/h5-9,14H,2-4H2,1H3. The molecule has 76 valence electrons. The van der Waals surface area contributed by atoms with E-state index >= 15 is 0 Å². The van der Waals surface area contributed by atoms with E-state index in [2.05, 4.69) is 39.2 Å². The van der Waals surface area contributed by atoms with E-state index in [1.807, 2.05) is 6.20 Å². The van der Waals surface area contributed by atoms with Gasteiger partial charge in [0.25, 0.3) is 0 Å². The van der Waals surface area contributed by atoms with Crippen molar-refractivity contribution in [1.82, 2.24) is 4.98 Å². The number of hydrogen-bond donors (Lipinski definition) is 1. The summed E-state index contributed by atoms with van der Waals surface area (Å²) in [5, 5.41) is 3.49. The number of aromatic nitrogens is 1. The summed E-state index contributed by atoms with van der Waals surface area (Å²) in [7, 11) is 0. The van der Waals surface area contributed by atoms with E-state index in [9.17, 15) is 0 Å². The van der Waals surface area contributed by atoms with Gasteiger partial charge in [0.2, 0.25) is 0 Å². The van der Waals surface area contributed by atoms with Crippen LogP contribution in [0.4, 0.5) is 5.69 Å². The maximum Gasteiger partial charge on any atom is 0.0540 e. The van der Waals surface area contributed by atoms with Gasteiger partial charge < -0.3 is 5.32 Å². The highest BCUT2D eigenvalue weighted by Gasteiger charge is 2.23. The zero-order valence-electron chi connectivity index (χ0n) is 8.33. The second-order valence-corrected chi connectivity index (χ2v) is 4.93. The molecule has 0 saturated heterocycles. The van der Waals surface area contributed by atoms with Crippen molar-refractivity contribution in [3.05, 3.63) is 22.9 Å². The molecule has 1 unspecified atom stereocenters. The Bertz CT molecular complexity index is 310. The van der Waals surface area contributed by atoms with E-state index in [1.165, 1.54) is 19.3 Å². The molecule has 2 nitrogen and oxygen atoms in total. The van der Waals surface area contributed by atoms with Crippen LogP contribution >= 0.6 is 15.9 Å². The van der Waals surface area contributed by atoms with Crippen molar-refractivity contribution in [1.29, 1.82) is 0 Å². The largest absolute Gasteiger partial charge is 0.381 e. The van der Waals surface area contributed by atoms with Crippen LogP contribution in [-0.2, 0) is 0 Å². The third kappa shape index (κ3) is 2.27. The fraction of sp³-hybridized carbons (Fsp3) is 0.545. The summed E-state index contributed by atoms with van der Waals surface area (Å²) in [5.41, 5.74) is 1.11. The van der Waals surface area contributed by atoms with Crippen LogP contribution in [0.25, 0.3) is 0 Å². The van der Waals surface area contributed by atoms with E-state index in [0.29, 0.717) is 6.04 Å². The molecule has 1 aromatic heterocycles. The number of halogens is 1. The van der Waals surface area contributed by atoms with Crippen LogP contribution in [0.5, 0.6) is 0 Å². The average Bonchev–Trinajstić information content (AvgIpc) is 1.99. The van der Waals surface area contributed by atoms with Gasteiger partial charge in [-0.15, -0.1) is 0 Å². The maximum absolute atomic E-state index is 4.13. The molecule has 0 aliphatic heterocycles. The quantitative estimate of drug-likeness (QED) is 0.894. The monoisotopic (exact) mass is 254 g/mol. The lowest BCUT2D eigenvalue weighted by Gasteiger charge is -2.32. The Kier molecular flexibility index (Phi) is 3.06. The predicted octanol–water partition coefficient (Wildman–Crippen LogP) is 3.44. The van der Waals surface area contributed by atoms with Gasteiger partial charge in [0.1, 0.15) is 0 Å². The highest BCUT2D eigenvalue weighted by atomic mass is 79.9. The predicted molar refractivity (Wildman–Crippen MR) is 62.4 cm³/mol. The molecule has 1 saturated carbocycles. The molecular formula is C11H15BrN2. The van der Waals surface area contributed by atoms with Crippen molar-refractivity contribution in [2.24, 2.45) is 5.92 Å².